The van der Waals surface area contributed by atoms with Gasteiger partial charge in [-0.15, -0.1) is 0 Å². The highest BCUT2D eigenvalue weighted by Crippen LogP contribution is 2.42. The molecule has 0 aromatic rings. The number of likely N-dealkylation sites (tertiary alicyclic amines) is 1. The second-order valence-electron chi connectivity index (χ2n) is 8.35. The van der Waals surface area contributed by atoms with E-state index in [1.54, 1.807) is 0 Å². The predicted octanol–water partition coefficient (Wildman–Crippen LogP) is 3.64. The Bertz CT molecular complexity index is 350. The standard InChI is InChI=1S/C17H31NO2/c1-13-5-8-17(9-6-13,15(19)20)12-18-10-7-14(11-18)16(2,3)4/h13-14H,5-12H2,1-4H3,(H,19,20). The fraction of sp³-hybridized carbons (Fsp3) is 0.941. The van der Waals surface area contributed by atoms with E-state index < -0.39 is 11.4 Å². The van der Waals surface area contributed by atoms with Crippen LogP contribution in [0.2, 0.25) is 0 Å². The molecule has 116 valence electrons. The first-order valence-electron chi connectivity index (χ1n) is 8.19. The van der Waals surface area contributed by atoms with E-state index in [2.05, 4.69) is 32.6 Å². The van der Waals surface area contributed by atoms with Crippen molar-refractivity contribution in [3.05, 3.63) is 0 Å². The lowest BCUT2D eigenvalue weighted by molar-refractivity contribution is -0.153. The molecule has 0 spiro atoms. The average Bonchev–Trinajstić information content (AvgIpc) is 2.80. The SMILES string of the molecule is CC1CCC(CN2CCC(C(C)(C)C)C2)(C(=O)O)CC1. The highest BCUT2D eigenvalue weighted by Gasteiger charge is 2.44. The summed E-state index contributed by atoms with van der Waals surface area (Å²) < 4.78 is 0. The minimum absolute atomic E-state index is 0.339. The molecule has 0 bridgehead atoms. The molecule has 3 nitrogen and oxygen atoms in total. The first-order chi connectivity index (χ1) is 9.23. The van der Waals surface area contributed by atoms with Crippen LogP contribution in [-0.2, 0) is 4.79 Å². The lowest BCUT2D eigenvalue weighted by atomic mass is 9.70. The van der Waals surface area contributed by atoms with E-state index in [1.165, 1.54) is 6.42 Å². The zero-order valence-corrected chi connectivity index (χ0v) is 13.6. The van der Waals surface area contributed by atoms with E-state index in [0.717, 1.165) is 45.3 Å². The molecule has 1 saturated heterocycles. The van der Waals surface area contributed by atoms with E-state index in [1.807, 2.05) is 0 Å². The quantitative estimate of drug-likeness (QED) is 0.858. The Balaban J connectivity index is 1.99. The van der Waals surface area contributed by atoms with E-state index in [0.29, 0.717) is 17.3 Å². The van der Waals surface area contributed by atoms with Crippen molar-refractivity contribution in [1.29, 1.82) is 0 Å². The predicted molar refractivity (Wildman–Crippen MR) is 81.7 cm³/mol. The van der Waals surface area contributed by atoms with Crippen molar-refractivity contribution >= 4 is 5.97 Å². The van der Waals surface area contributed by atoms with Gasteiger partial charge in [-0.25, -0.2) is 0 Å². The van der Waals surface area contributed by atoms with Crippen LogP contribution in [-0.4, -0.2) is 35.6 Å². The second kappa shape index (κ2) is 5.67. The molecule has 1 N–H and O–H groups in total. The molecular formula is C17H31NO2. The number of hydrogen-bond donors (Lipinski definition) is 1. The van der Waals surface area contributed by atoms with Gasteiger partial charge in [0.2, 0.25) is 0 Å². The fourth-order valence-electron chi connectivity index (χ4n) is 3.87. The maximum absolute atomic E-state index is 11.8. The van der Waals surface area contributed by atoms with Crippen molar-refractivity contribution in [3.8, 4) is 0 Å². The number of rotatable bonds is 3. The molecule has 1 unspecified atom stereocenters. The zero-order chi connectivity index (χ0) is 15.0. The summed E-state index contributed by atoms with van der Waals surface area (Å²) in [5.41, 5.74) is -0.133. The molecule has 1 aliphatic heterocycles. The van der Waals surface area contributed by atoms with Crippen molar-refractivity contribution < 1.29 is 9.90 Å². The van der Waals surface area contributed by atoms with Crippen LogP contribution in [0.15, 0.2) is 0 Å². The van der Waals surface area contributed by atoms with Gasteiger partial charge in [0, 0.05) is 13.1 Å². The molecule has 3 heteroatoms. The highest BCUT2D eigenvalue weighted by atomic mass is 16.4. The Morgan fingerprint density at radius 3 is 2.30 bits per heavy atom. The van der Waals surface area contributed by atoms with Crippen LogP contribution in [0.5, 0.6) is 0 Å². The molecule has 2 aliphatic rings. The lowest BCUT2D eigenvalue weighted by Crippen LogP contribution is -2.45. The van der Waals surface area contributed by atoms with Gasteiger partial charge >= 0.3 is 5.97 Å². The van der Waals surface area contributed by atoms with Crippen molar-refractivity contribution in [1.82, 2.24) is 4.90 Å². The number of hydrogen-bond acceptors (Lipinski definition) is 2. The molecule has 2 rings (SSSR count). The summed E-state index contributed by atoms with van der Waals surface area (Å²) in [6.07, 6.45) is 5.08. The molecule has 2 fully saturated rings. The van der Waals surface area contributed by atoms with Crippen LogP contribution in [0, 0.1) is 22.7 Å². The molecule has 1 aliphatic carbocycles. The first kappa shape index (κ1) is 15.8. The van der Waals surface area contributed by atoms with E-state index in [9.17, 15) is 9.90 Å². The van der Waals surface area contributed by atoms with E-state index in [4.69, 9.17) is 0 Å². The molecule has 1 atom stereocenters. The number of carboxylic acid groups (broad SMARTS) is 1. The van der Waals surface area contributed by atoms with E-state index >= 15 is 0 Å². The third-order valence-electron chi connectivity index (χ3n) is 5.71. The summed E-state index contributed by atoms with van der Waals surface area (Å²) in [6, 6.07) is 0. The van der Waals surface area contributed by atoms with Crippen LogP contribution in [0.4, 0.5) is 0 Å². The summed E-state index contributed by atoms with van der Waals surface area (Å²) in [7, 11) is 0. The summed E-state index contributed by atoms with van der Waals surface area (Å²) in [5.74, 6) is 0.836. The Morgan fingerprint density at radius 1 is 1.25 bits per heavy atom. The second-order valence-corrected chi connectivity index (χ2v) is 8.35. The van der Waals surface area contributed by atoms with Gasteiger partial charge in [0.15, 0.2) is 0 Å². The van der Waals surface area contributed by atoms with Gasteiger partial charge in [0.1, 0.15) is 0 Å². The van der Waals surface area contributed by atoms with Gasteiger partial charge in [-0.1, -0.05) is 27.7 Å². The lowest BCUT2D eigenvalue weighted by Gasteiger charge is -2.38. The Hall–Kier alpha value is -0.570. The maximum Gasteiger partial charge on any atom is 0.310 e. The maximum atomic E-state index is 11.8. The third-order valence-corrected chi connectivity index (χ3v) is 5.71. The number of aliphatic carboxylic acids is 1. The third kappa shape index (κ3) is 3.36. The number of nitrogens with zero attached hydrogens (tertiary/aromatic N) is 1. The number of carboxylic acids is 1. The van der Waals surface area contributed by atoms with Crippen molar-refractivity contribution in [2.75, 3.05) is 19.6 Å². The zero-order valence-electron chi connectivity index (χ0n) is 13.6. The van der Waals surface area contributed by atoms with Crippen molar-refractivity contribution in [2.24, 2.45) is 22.7 Å². The monoisotopic (exact) mass is 281 g/mol. The van der Waals surface area contributed by atoms with Gasteiger partial charge in [-0.2, -0.15) is 0 Å². The van der Waals surface area contributed by atoms with Crippen LogP contribution >= 0.6 is 0 Å². The Labute approximate surface area is 123 Å². The van der Waals surface area contributed by atoms with E-state index in [-0.39, 0.29) is 0 Å². The summed E-state index contributed by atoms with van der Waals surface area (Å²) in [5, 5.41) is 9.73. The normalized spacial score (nSPS) is 36.2. The highest BCUT2D eigenvalue weighted by molar-refractivity contribution is 5.75. The smallest absolute Gasteiger partial charge is 0.310 e. The molecule has 1 heterocycles. The fourth-order valence-corrected chi connectivity index (χ4v) is 3.87. The van der Waals surface area contributed by atoms with Gasteiger partial charge in [0.25, 0.3) is 0 Å². The van der Waals surface area contributed by atoms with Crippen molar-refractivity contribution in [2.45, 2.75) is 59.8 Å². The Morgan fingerprint density at radius 2 is 1.85 bits per heavy atom. The molecule has 0 amide bonds. The minimum Gasteiger partial charge on any atom is -0.481 e. The number of carbonyl (C=O) groups is 1. The summed E-state index contributed by atoms with van der Waals surface area (Å²) >= 11 is 0. The van der Waals surface area contributed by atoms with Crippen LogP contribution < -0.4 is 0 Å². The topological polar surface area (TPSA) is 40.5 Å². The Kier molecular flexibility index (Phi) is 4.48. The molecule has 0 aromatic carbocycles. The van der Waals surface area contributed by atoms with Crippen LogP contribution in [0.25, 0.3) is 0 Å². The first-order valence-corrected chi connectivity index (χ1v) is 8.19. The average molecular weight is 281 g/mol. The molecule has 0 radical (unpaired) electrons. The summed E-state index contributed by atoms with van der Waals surface area (Å²) in [6.45, 7) is 12.1. The van der Waals surface area contributed by atoms with Gasteiger partial charge in [-0.05, 0) is 55.9 Å². The molecule has 0 aromatic heterocycles. The summed E-state index contributed by atoms with van der Waals surface area (Å²) in [4.78, 5) is 14.2. The van der Waals surface area contributed by atoms with Crippen molar-refractivity contribution in [3.63, 3.8) is 0 Å². The minimum atomic E-state index is -0.566. The van der Waals surface area contributed by atoms with Gasteiger partial charge in [0.05, 0.1) is 5.41 Å². The van der Waals surface area contributed by atoms with Gasteiger partial charge < -0.3 is 10.0 Å². The van der Waals surface area contributed by atoms with Crippen LogP contribution in [0.3, 0.4) is 0 Å². The van der Waals surface area contributed by atoms with Crippen LogP contribution in [0.1, 0.15) is 59.8 Å². The molecule has 1 saturated carbocycles. The molecule has 20 heavy (non-hydrogen) atoms. The molecular weight excluding hydrogens is 250 g/mol. The van der Waals surface area contributed by atoms with Gasteiger partial charge in [-0.3, -0.25) is 4.79 Å². The largest absolute Gasteiger partial charge is 0.481 e.